The summed E-state index contributed by atoms with van der Waals surface area (Å²) in [7, 11) is 1.34. The van der Waals surface area contributed by atoms with Crippen molar-refractivity contribution in [1.29, 1.82) is 0 Å². The van der Waals surface area contributed by atoms with Crippen LogP contribution in [0.15, 0.2) is 23.5 Å². The second kappa shape index (κ2) is 4.00. The molecule has 0 bridgehead atoms. The predicted molar refractivity (Wildman–Crippen MR) is 57.0 cm³/mol. The van der Waals surface area contributed by atoms with Crippen LogP contribution in [0.4, 0.5) is 0 Å². The van der Waals surface area contributed by atoms with Crippen LogP contribution >= 0.6 is 0 Å². The van der Waals surface area contributed by atoms with Gasteiger partial charge in [-0.1, -0.05) is 0 Å². The molecule has 2 rings (SSSR count). The van der Waals surface area contributed by atoms with E-state index in [9.17, 15) is 9.59 Å². The van der Waals surface area contributed by atoms with Crippen molar-refractivity contribution in [3.63, 3.8) is 0 Å². The minimum absolute atomic E-state index is 0.0358. The van der Waals surface area contributed by atoms with E-state index in [0.29, 0.717) is 12.0 Å². The SMILES string of the molecule is COC(=O)C1=CNC=C2C(C)NC(=O)CC12. The van der Waals surface area contributed by atoms with Crippen molar-refractivity contribution in [3.8, 4) is 0 Å². The van der Waals surface area contributed by atoms with Gasteiger partial charge in [0.25, 0.3) is 0 Å². The number of ether oxygens (including phenoxy) is 1. The first-order chi connectivity index (χ1) is 7.63. The highest BCUT2D eigenvalue weighted by Crippen LogP contribution is 2.32. The minimum Gasteiger partial charge on any atom is -0.466 e. The summed E-state index contributed by atoms with van der Waals surface area (Å²) in [5.74, 6) is -0.575. The summed E-state index contributed by atoms with van der Waals surface area (Å²) in [5, 5.41) is 5.75. The van der Waals surface area contributed by atoms with Gasteiger partial charge in [-0.15, -0.1) is 0 Å². The molecule has 16 heavy (non-hydrogen) atoms. The molecule has 0 aliphatic carbocycles. The van der Waals surface area contributed by atoms with E-state index in [1.54, 1.807) is 6.20 Å². The molecule has 5 heteroatoms. The van der Waals surface area contributed by atoms with Crippen molar-refractivity contribution in [2.24, 2.45) is 5.92 Å². The van der Waals surface area contributed by atoms with Crippen LogP contribution < -0.4 is 10.6 Å². The molecule has 2 aliphatic heterocycles. The van der Waals surface area contributed by atoms with Gasteiger partial charge in [0.2, 0.25) is 5.91 Å². The number of hydrogen-bond donors (Lipinski definition) is 2. The lowest BCUT2D eigenvalue weighted by atomic mass is 9.81. The Morgan fingerprint density at radius 3 is 2.94 bits per heavy atom. The van der Waals surface area contributed by atoms with Crippen LogP contribution in [0.1, 0.15) is 13.3 Å². The van der Waals surface area contributed by atoms with E-state index in [1.165, 1.54) is 7.11 Å². The molecule has 1 amide bonds. The topological polar surface area (TPSA) is 67.4 Å². The second-order valence-electron chi connectivity index (χ2n) is 3.95. The number of carbonyl (C=O) groups excluding carboxylic acids is 2. The van der Waals surface area contributed by atoms with Gasteiger partial charge in [-0.05, 0) is 12.5 Å². The number of methoxy groups -OCH3 is 1. The summed E-state index contributed by atoms with van der Waals surface area (Å²) in [6.07, 6.45) is 3.74. The number of hydrogen-bond acceptors (Lipinski definition) is 4. The van der Waals surface area contributed by atoms with Crippen LogP contribution in [0, 0.1) is 5.92 Å². The summed E-state index contributed by atoms with van der Waals surface area (Å²) >= 11 is 0. The van der Waals surface area contributed by atoms with Crippen LogP contribution in [0.5, 0.6) is 0 Å². The van der Waals surface area contributed by atoms with Crippen LogP contribution in [0.3, 0.4) is 0 Å². The van der Waals surface area contributed by atoms with Gasteiger partial charge in [0, 0.05) is 30.8 Å². The van der Waals surface area contributed by atoms with E-state index in [2.05, 4.69) is 10.6 Å². The first-order valence-corrected chi connectivity index (χ1v) is 5.17. The average molecular weight is 222 g/mol. The van der Waals surface area contributed by atoms with E-state index >= 15 is 0 Å². The van der Waals surface area contributed by atoms with Crippen LogP contribution in [0.2, 0.25) is 0 Å². The summed E-state index contributed by atoms with van der Waals surface area (Å²) in [4.78, 5) is 23.0. The van der Waals surface area contributed by atoms with Gasteiger partial charge in [-0.2, -0.15) is 0 Å². The van der Waals surface area contributed by atoms with Crippen molar-refractivity contribution in [2.75, 3.05) is 7.11 Å². The Hall–Kier alpha value is -1.78. The van der Waals surface area contributed by atoms with E-state index in [4.69, 9.17) is 4.74 Å². The Labute approximate surface area is 93.5 Å². The molecule has 0 saturated carbocycles. The number of nitrogens with one attached hydrogen (secondary N) is 2. The van der Waals surface area contributed by atoms with Crippen molar-refractivity contribution < 1.29 is 14.3 Å². The third kappa shape index (κ3) is 1.68. The maximum absolute atomic E-state index is 11.5. The van der Waals surface area contributed by atoms with Gasteiger partial charge < -0.3 is 15.4 Å². The molecule has 2 unspecified atom stereocenters. The van der Waals surface area contributed by atoms with Gasteiger partial charge in [-0.25, -0.2) is 4.79 Å². The van der Waals surface area contributed by atoms with Crippen molar-refractivity contribution in [2.45, 2.75) is 19.4 Å². The smallest absolute Gasteiger partial charge is 0.335 e. The zero-order valence-electron chi connectivity index (χ0n) is 9.24. The normalized spacial score (nSPS) is 28.0. The molecule has 0 aromatic carbocycles. The lowest BCUT2D eigenvalue weighted by Crippen LogP contribution is -2.45. The molecular formula is C11H14N2O3. The van der Waals surface area contributed by atoms with E-state index in [1.807, 2.05) is 13.1 Å². The summed E-state index contributed by atoms with van der Waals surface area (Å²) in [6, 6.07) is -0.0490. The highest BCUT2D eigenvalue weighted by molar-refractivity contribution is 5.92. The fourth-order valence-corrected chi connectivity index (χ4v) is 2.15. The van der Waals surface area contributed by atoms with Gasteiger partial charge in [-0.3, -0.25) is 4.79 Å². The van der Waals surface area contributed by atoms with Gasteiger partial charge in [0.15, 0.2) is 0 Å². The third-order valence-electron chi connectivity index (χ3n) is 2.95. The van der Waals surface area contributed by atoms with Crippen LogP contribution in [0.25, 0.3) is 0 Å². The Morgan fingerprint density at radius 1 is 1.50 bits per heavy atom. The highest BCUT2D eigenvalue weighted by atomic mass is 16.5. The molecule has 5 nitrogen and oxygen atoms in total. The monoisotopic (exact) mass is 222 g/mol. The van der Waals surface area contributed by atoms with Crippen molar-refractivity contribution >= 4 is 11.9 Å². The average Bonchev–Trinajstić information content (AvgIpc) is 2.27. The number of piperidine rings is 1. The Balaban J connectivity index is 2.28. The lowest BCUT2D eigenvalue weighted by Gasteiger charge is -2.33. The molecule has 1 fully saturated rings. The Bertz CT molecular complexity index is 398. The number of carbonyl (C=O) groups is 2. The number of amides is 1. The first kappa shape index (κ1) is 10.7. The van der Waals surface area contributed by atoms with E-state index < -0.39 is 0 Å². The van der Waals surface area contributed by atoms with Gasteiger partial charge in [0.1, 0.15) is 0 Å². The van der Waals surface area contributed by atoms with Gasteiger partial charge >= 0.3 is 5.97 Å². The lowest BCUT2D eigenvalue weighted by molar-refractivity contribution is -0.136. The molecule has 2 N–H and O–H groups in total. The number of rotatable bonds is 1. The predicted octanol–water partition coefficient (Wildman–Crippen LogP) is 0.0550. The Kier molecular flexibility index (Phi) is 2.68. The number of esters is 1. The van der Waals surface area contributed by atoms with Crippen LogP contribution in [-0.2, 0) is 14.3 Å². The zero-order chi connectivity index (χ0) is 11.7. The third-order valence-corrected chi connectivity index (χ3v) is 2.95. The molecule has 2 aliphatic rings. The molecular weight excluding hydrogens is 208 g/mol. The molecule has 0 aromatic heterocycles. The fraction of sp³-hybridized carbons (Fsp3) is 0.455. The quantitative estimate of drug-likeness (QED) is 0.615. The fourth-order valence-electron chi connectivity index (χ4n) is 2.15. The molecule has 2 atom stereocenters. The maximum Gasteiger partial charge on any atom is 0.335 e. The largest absolute Gasteiger partial charge is 0.466 e. The molecule has 0 aromatic rings. The molecule has 0 radical (unpaired) electrons. The molecule has 86 valence electrons. The summed E-state index contributed by atoms with van der Waals surface area (Å²) < 4.78 is 4.70. The minimum atomic E-state index is -0.384. The summed E-state index contributed by atoms with van der Waals surface area (Å²) in [6.45, 7) is 1.90. The van der Waals surface area contributed by atoms with Gasteiger partial charge in [0.05, 0.1) is 12.7 Å². The van der Waals surface area contributed by atoms with E-state index in [0.717, 1.165) is 5.57 Å². The van der Waals surface area contributed by atoms with Crippen LogP contribution in [-0.4, -0.2) is 25.0 Å². The second-order valence-corrected chi connectivity index (χ2v) is 3.95. The molecule has 0 spiro atoms. The van der Waals surface area contributed by atoms with Crippen molar-refractivity contribution in [3.05, 3.63) is 23.5 Å². The molecule has 1 saturated heterocycles. The number of dihydropyridines is 1. The highest BCUT2D eigenvalue weighted by Gasteiger charge is 2.35. The van der Waals surface area contributed by atoms with Crippen molar-refractivity contribution in [1.82, 2.24) is 10.6 Å². The molecule has 2 heterocycles. The van der Waals surface area contributed by atoms with E-state index in [-0.39, 0.29) is 23.8 Å². The maximum atomic E-state index is 11.5. The summed E-state index contributed by atoms with van der Waals surface area (Å²) in [5.41, 5.74) is 1.53. The Morgan fingerprint density at radius 2 is 2.25 bits per heavy atom. The standard InChI is InChI=1S/C11H14N2O3/c1-6-8-4-12-5-9(11(15)16-2)7(8)3-10(14)13-6/h4-7,12H,3H2,1-2H3,(H,13,14). The zero-order valence-corrected chi connectivity index (χ0v) is 9.24. The first-order valence-electron chi connectivity index (χ1n) is 5.17. The number of fused-ring (bicyclic) bond motifs is 1.